The molecular formula is C8H4F5O3S. The zero-order chi connectivity index (χ0) is 13.3. The van der Waals surface area contributed by atoms with Gasteiger partial charge in [-0.05, 0) is 24.3 Å². The number of benzene rings is 1. The number of alkyl halides is 5. The second-order valence-electron chi connectivity index (χ2n) is 2.76. The number of rotatable bonds is 3. The number of sulfone groups is 1. The fraction of sp³-hybridized carbons (Fsp3) is 0.250. The maximum absolute atomic E-state index is 12.1. The van der Waals surface area contributed by atoms with Gasteiger partial charge in [-0.2, -0.15) is 8.78 Å². The van der Waals surface area contributed by atoms with Crippen LogP contribution in [0.1, 0.15) is 0 Å². The van der Waals surface area contributed by atoms with Gasteiger partial charge < -0.3 is 4.74 Å². The predicted octanol–water partition coefficient (Wildman–Crippen LogP) is 2.38. The molecule has 0 atom stereocenters. The summed E-state index contributed by atoms with van der Waals surface area (Å²) in [6.07, 6.45) is -5.04. The Labute approximate surface area is 92.7 Å². The zero-order valence-corrected chi connectivity index (χ0v) is 8.65. The van der Waals surface area contributed by atoms with Crippen molar-refractivity contribution in [2.45, 2.75) is 17.0 Å². The van der Waals surface area contributed by atoms with Gasteiger partial charge in [-0.3, -0.25) is 0 Å². The largest absolute Gasteiger partial charge is 0.573 e. The van der Waals surface area contributed by atoms with E-state index in [9.17, 15) is 30.4 Å². The summed E-state index contributed by atoms with van der Waals surface area (Å²) < 4.78 is 84.9. The Balaban J connectivity index is 3.11. The molecule has 9 heteroatoms. The monoisotopic (exact) mass is 275 g/mol. The average Bonchev–Trinajstić information content (AvgIpc) is 2.15. The van der Waals surface area contributed by atoms with Gasteiger partial charge >= 0.3 is 12.1 Å². The summed E-state index contributed by atoms with van der Waals surface area (Å²) in [7, 11) is -4.97. The van der Waals surface area contributed by atoms with Crippen LogP contribution in [-0.4, -0.2) is 20.5 Å². The van der Waals surface area contributed by atoms with Crippen molar-refractivity contribution in [3.8, 4) is 5.75 Å². The van der Waals surface area contributed by atoms with Gasteiger partial charge in [0.15, 0.2) is 0 Å². The molecule has 0 amide bonds. The molecule has 0 N–H and O–H groups in total. The van der Waals surface area contributed by atoms with Crippen LogP contribution < -0.4 is 4.74 Å². The standard InChI is InChI=1S/C8H4F5O3S/c9-7(10)17(14,15)6-3-1-2-5(4-6)16-8(11,12)13/h2-4,7H. The summed E-state index contributed by atoms with van der Waals surface area (Å²) in [4.78, 5) is -0.991. The van der Waals surface area contributed by atoms with Crippen molar-refractivity contribution in [2.75, 3.05) is 0 Å². The third kappa shape index (κ3) is 3.55. The van der Waals surface area contributed by atoms with E-state index in [2.05, 4.69) is 4.74 Å². The predicted molar refractivity (Wildman–Crippen MR) is 45.2 cm³/mol. The average molecular weight is 275 g/mol. The lowest BCUT2D eigenvalue weighted by Gasteiger charge is -2.09. The topological polar surface area (TPSA) is 43.4 Å². The summed E-state index contributed by atoms with van der Waals surface area (Å²) in [6.45, 7) is 0. The first-order valence-electron chi connectivity index (χ1n) is 3.92. The molecule has 0 unspecified atom stereocenters. The maximum Gasteiger partial charge on any atom is 0.573 e. The highest BCUT2D eigenvalue weighted by molar-refractivity contribution is 7.91. The first-order chi connectivity index (χ1) is 7.63. The van der Waals surface area contributed by atoms with Crippen LogP contribution in [0, 0.1) is 6.07 Å². The van der Waals surface area contributed by atoms with E-state index in [0.29, 0.717) is 18.2 Å². The molecule has 0 bridgehead atoms. The minimum absolute atomic E-state index is 0.353. The van der Waals surface area contributed by atoms with E-state index in [-0.39, 0.29) is 0 Å². The Kier molecular flexibility index (Phi) is 3.60. The normalized spacial score (nSPS) is 12.8. The van der Waals surface area contributed by atoms with Crippen LogP contribution in [0.4, 0.5) is 22.0 Å². The molecule has 17 heavy (non-hydrogen) atoms. The lowest BCUT2D eigenvalue weighted by molar-refractivity contribution is -0.274. The van der Waals surface area contributed by atoms with Gasteiger partial charge in [0.25, 0.3) is 0 Å². The Morgan fingerprint density at radius 1 is 1.24 bits per heavy atom. The third-order valence-corrected chi connectivity index (χ3v) is 2.89. The Bertz CT molecular complexity index is 494. The zero-order valence-electron chi connectivity index (χ0n) is 7.83. The molecule has 3 nitrogen and oxygen atoms in total. The molecular weight excluding hydrogens is 271 g/mol. The number of hydrogen-bond donors (Lipinski definition) is 0. The molecule has 0 aliphatic carbocycles. The molecule has 0 aliphatic heterocycles. The molecule has 95 valence electrons. The van der Waals surface area contributed by atoms with Crippen LogP contribution in [0.5, 0.6) is 5.75 Å². The molecule has 1 rings (SSSR count). The van der Waals surface area contributed by atoms with Crippen molar-refractivity contribution in [1.29, 1.82) is 0 Å². The maximum atomic E-state index is 12.1. The Morgan fingerprint density at radius 2 is 1.82 bits per heavy atom. The Hall–Kier alpha value is -1.38. The summed E-state index contributed by atoms with van der Waals surface area (Å²) in [6, 6.07) is 3.64. The van der Waals surface area contributed by atoms with E-state index in [1.54, 1.807) is 0 Å². The van der Waals surface area contributed by atoms with E-state index >= 15 is 0 Å². The van der Waals surface area contributed by atoms with Crippen LogP contribution in [0.2, 0.25) is 0 Å². The summed E-state index contributed by atoms with van der Waals surface area (Å²) in [5.41, 5.74) is 0. The van der Waals surface area contributed by atoms with E-state index in [1.165, 1.54) is 0 Å². The molecule has 0 fully saturated rings. The van der Waals surface area contributed by atoms with Crippen LogP contribution >= 0.6 is 0 Å². The number of hydrogen-bond acceptors (Lipinski definition) is 3. The molecule has 0 spiro atoms. The van der Waals surface area contributed by atoms with E-state index in [4.69, 9.17) is 0 Å². The van der Waals surface area contributed by atoms with Gasteiger partial charge in [-0.25, -0.2) is 8.42 Å². The number of halogens is 5. The Morgan fingerprint density at radius 3 is 2.29 bits per heavy atom. The van der Waals surface area contributed by atoms with E-state index in [0.717, 1.165) is 0 Å². The molecule has 0 saturated heterocycles. The summed E-state index contributed by atoms with van der Waals surface area (Å²) in [5.74, 6) is -4.66. The van der Waals surface area contributed by atoms with Crippen molar-refractivity contribution in [3.63, 3.8) is 0 Å². The molecule has 1 aromatic rings. The minimum Gasteiger partial charge on any atom is -0.406 e. The van der Waals surface area contributed by atoms with Crippen LogP contribution in [-0.2, 0) is 9.84 Å². The second kappa shape index (κ2) is 4.47. The molecule has 0 aromatic heterocycles. The third-order valence-electron chi connectivity index (χ3n) is 1.53. The minimum atomic E-state index is -5.04. The van der Waals surface area contributed by atoms with Crippen molar-refractivity contribution in [3.05, 3.63) is 24.3 Å². The van der Waals surface area contributed by atoms with Gasteiger partial charge in [0, 0.05) is 0 Å². The SMILES string of the molecule is O=S(=O)(c1c[c]cc(OC(F)(F)F)c1)C(F)F. The van der Waals surface area contributed by atoms with Crippen molar-refractivity contribution in [1.82, 2.24) is 0 Å². The fourth-order valence-electron chi connectivity index (χ4n) is 0.889. The van der Waals surface area contributed by atoms with Gasteiger partial charge in [0.2, 0.25) is 9.84 Å². The molecule has 0 saturated carbocycles. The van der Waals surface area contributed by atoms with Crippen molar-refractivity contribution < 1.29 is 35.1 Å². The summed E-state index contributed by atoms with van der Waals surface area (Å²) in [5, 5.41) is 0. The second-order valence-corrected chi connectivity index (χ2v) is 4.68. The quantitative estimate of drug-likeness (QED) is 0.795. The van der Waals surface area contributed by atoms with Gasteiger partial charge in [-0.15, -0.1) is 13.2 Å². The van der Waals surface area contributed by atoms with Gasteiger partial charge in [0.05, 0.1) is 4.90 Å². The van der Waals surface area contributed by atoms with Crippen LogP contribution in [0.25, 0.3) is 0 Å². The van der Waals surface area contributed by atoms with Crippen LogP contribution in [0.3, 0.4) is 0 Å². The highest BCUT2D eigenvalue weighted by atomic mass is 32.2. The fourth-order valence-corrected chi connectivity index (χ4v) is 1.61. The van der Waals surface area contributed by atoms with Crippen LogP contribution in [0.15, 0.2) is 23.1 Å². The molecule has 1 aromatic carbocycles. The lowest BCUT2D eigenvalue weighted by atomic mass is 10.3. The highest BCUT2D eigenvalue weighted by Crippen LogP contribution is 2.26. The van der Waals surface area contributed by atoms with Crippen molar-refractivity contribution >= 4 is 9.84 Å². The lowest BCUT2D eigenvalue weighted by Crippen LogP contribution is -2.18. The van der Waals surface area contributed by atoms with Crippen molar-refractivity contribution in [2.24, 2.45) is 0 Å². The van der Waals surface area contributed by atoms with Gasteiger partial charge in [0.1, 0.15) is 5.75 Å². The highest BCUT2D eigenvalue weighted by Gasteiger charge is 2.32. The molecule has 1 radical (unpaired) electrons. The molecule has 0 heterocycles. The smallest absolute Gasteiger partial charge is 0.406 e. The first kappa shape index (κ1) is 13.7. The number of ether oxygens (including phenoxy) is 1. The summed E-state index contributed by atoms with van der Waals surface area (Å²) >= 11 is 0. The van der Waals surface area contributed by atoms with Gasteiger partial charge in [-0.1, -0.05) is 0 Å². The van der Waals surface area contributed by atoms with E-state index in [1.807, 2.05) is 6.07 Å². The molecule has 0 aliphatic rings. The van der Waals surface area contributed by atoms with E-state index < -0.39 is 32.6 Å². The first-order valence-corrected chi connectivity index (χ1v) is 5.46.